The molecule has 0 aliphatic carbocycles. The molecule has 0 radical (unpaired) electrons. The molecule has 2 fully saturated rings. The third kappa shape index (κ3) is 11.0. The lowest BCUT2D eigenvalue weighted by atomic mass is 9.98. The Labute approximate surface area is 245 Å². The van der Waals surface area contributed by atoms with Crippen LogP contribution in [0.4, 0.5) is 0 Å². The van der Waals surface area contributed by atoms with E-state index in [0.29, 0.717) is 19.6 Å². The van der Waals surface area contributed by atoms with Gasteiger partial charge in [-0.1, -0.05) is 81.0 Å². The summed E-state index contributed by atoms with van der Waals surface area (Å²) < 4.78 is 5.23. The van der Waals surface area contributed by atoms with E-state index in [1.165, 1.54) is 0 Å². The standard InChI is InChI=1S/C31H43N3O5.C2H6/c1-5-23(15-14-21(2)3)17-27(33-30(37)22(4)34-16-10-9-13-25(34)19-35)31(38)32-26(29(36)28-20-39-28)18-24-11-7-6-8-12-24;1-2/h5-8,11-12,14-15,22,25-28,35H,2,9-10,13,16-20H2,1,3-4H3,(H,32,38)(H,33,37);1-2H3/b15-14-,23-5+;/t22?,25?,26?,27-,28?;/m0./s1. The van der Waals surface area contributed by atoms with Crippen LogP contribution < -0.4 is 10.6 Å². The smallest absolute Gasteiger partial charge is 0.243 e. The van der Waals surface area contributed by atoms with Crippen LogP contribution in [0.1, 0.15) is 65.9 Å². The second-order valence-corrected chi connectivity index (χ2v) is 10.5. The monoisotopic (exact) mass is 567 g/mol. The van der Waals surface area contributed by atoms with Crippen molar-refractivity contribution in [2.45, 2.75) is 97.0 Å². The number of nitrogens with zero attached hydrogens (tertiary/aromatic N) is 1. The molecule has 3 rings (SSSR count). The first-order valence-electron chi connectivity index (χ1n) is 14.9. The summed E-state index contributed by atoms with van der Waals surface area (Å²) in [6.45, 7) is 14.5. The number of rotatable bonds is 14. The number of carbonyl (C=O) groups excluding carboxylic acids is 3. The molecule has 0 saturated carbocycles. The minimum absolute atomic E-state index is 0.0114. The van der Waals surface area contributed by atoms with E-state index in [4.69, 9.17) is 4.74 Å². The molecule has 5 atom stereocenters. The van der Waals surface area contributed by atoms with Crippen LogP contribution in [0.3, 0.4) is 0 Å². The van der Waals surface area contributed by atoms with Crippen LogP contribution in [0.15, 0.2) is 66.3 Å². The summed E-state index contributed by atoms with van der Waals surface area (Å²) in [4.78, 5) is 42.2. The Balaban J connectivity index is 0.00000287. The Morgan fingerprint density at radius 1 is 1.10 bits per heavy atom. The molecule has 2 amide bonds. The first kappa shape index (κ1) is 34.1. The van der Waals surface area contributed by atoms with E-state index in [2.05, 4.69) is 17.2 Å². The van der Waals surface area contributed by atoms with E-state index in [9.17, 15) is 19.5 Å². The van der Waals surface area contributed by atoms with Crippen molar-refractivity contribution in [1.29, 1.82) is 0 Å². The van der Waals surface area contributed by atoms with Crippen LogP contribution in [0, 0.1) is 0 Å². The number of hydrogen-bond donors (Lipinski definition) is 3. The third-order valence-corrected chi connectivity index (χ3v) is 7.38. The Morgan fingerprint density at radius 2 is 1.76 bits per heavy atom. The summed E-state index contributed by atoms with van der Waals surface area (Å²) in [5, 5.41) is 15.7. The molecule has 226 valence electrons. The predicted molar refractivity (Wildman–Crippen MR) is 163 cm³/mol. The number of epoxide rings is 1. The number of Topliss-reactive ketones (excluding diaryl/α,β-unsaturated/α-hetero) is 1. The molecular formula is C33H49N3O5. The van der Waals surface area contributed by atoms with Gasteiger partial charge in [-0.2, -0.15) is 0 Å². The zero-order valence-electron chi connectivity index (χ0n) is 25.4. The number of aliphatic hydroxyl groups is 1. The van der Waals surface area contributed by atoms with E-state index < -0.39 is 30.1 Å². The number of benzene rings is 1. The fraction of sp³-hybridized carbons (Fsp3) is 0.545. The minimum atomic E-state index is -0.899. The minimum Gasteiger partial charge on any atom is -0.395 e. The zero-order valence-corrected chi connectivity index (χ0v) is 25.4. The molecule has 2 aliphatic rings. The normalized spacial score (nSPS) is 21.2. The van der Waals surface area contributed by atoms with E-state index in [1.807, 2.05) is 88.1 Å². The van der Waals surface area contributed by atoms with Crippen LogP contribution in [-0.4, -0.2) is 77.6 Å². The van der Waals surface area contributed by atoms with Gasteiger partial charge in [-0.15, -0.1) is 0 Å². The molecule has 0 bridgehead atoms. The number of nitrogens with one attached hydrogen (secondary N) is 2. The maximum Gasteiger partial charge on any atom is 0.243 e. The van der Waals surface area contributed by atoms with E-state index in [1.54, 1.807) is 0 Å². The molecule has 3 N–H and O–H groups in total. The maximum atomic E-state index is 13.7. The van der Waals surface area contributed by atoms with Gasteiger partial charge in [0.2, 0.25) is 11.8 Å². The van der Waals surface area contributed by atoms with Crippen LogP contribution in [0.25, 0.3) is 0 Å². The van der Waals surface area contributed by atoms with Crippen LogP contribution in [-0.2, 0) is 25.5 Å². The van der Waals surface area contributed by atoms with Crippen molar-refractivity contribution in [3.63, 3.8) is 0 Å². The van der Waals surface area contributed by atoms with Crippen molar-refractivity contribution in [3.8, 4) is 0 Å². The van der Waals surface area contributed by atoms with E-state index in [0.717, 1.165) is 36.0 Å². The molecule has 1 aromatic rings. The Kier molecular flexibility index (Phi) is 14.7. The molecular weight excluding hydrogens is 518 g/mol. The Morgan fingerprint density at radius 3 is 2.34 bits per heavy atom. The first-order chi connectivity index (χ1) is 19.7. The largest absolute Gasteiger partial charge is 0.395 e. The van der Waals surface area contributed by atoms with Gasteiger partial charge in [0.1, 0.15) is 12.1 Å². The molecule has 0 spiro atoms. The van der Waals surface area contributed by atoms with Gasteiger partial charge in [0.15, 0.2) is 5.78 Å². The van der Waals surface area contributed by atoms with Gasteiger partial charge in [0.25, 0.3) is 0 Å². The van der Waals surface area contributed by atoms with Crippen LogP contribution >= 0.6 is 0 Å². The summed E-state index contributed by atoms with van der Waals surface area (Å²) in [7, 11) is 0. The summed E-state index contributed by atoms with van der Waals surface area (Å²) in [6.07, 6.45) is 8.52. The molecule has 8 heteroatoms. The number of aliphatic hydroxyl groups excluding tert-OH is 1. The highest BCUT2D eigenvalue weighted by Gasteiger charge is 2.38. The average Bonchev–Trinajstić information content (AvgIpc) is 3.84. The molecule has 1 aromatic carbocycles. The zero-order chi connectivity index (χ0) is 30.4. The maximum absolute atomic E-state index is 13.7. The lowest BCUT2D eigenvalue weighted by molar-refractivity contribution is -0.134. The van der Waals surface area contributed by atoms with Gasteiger partial charge in [-0.05, 0) is 57.7 Å². The summed E-state index contributed by atoms with van der Waals surface area (Å²) >= 11 is 0. The van der Waals surface area contributed by atoms with Crippen molar-refractivity contribution in [2.24, 2.45) is 0 Å². The Bertz CT molecular complexity index is 1060. The van der Waals surface area contributed by atoms with Crippen molar-refractivity contribution in [1.82, 2.24) is 15.5 Å². The number of amides is 2. The summed E-state index contributed by atoms with van der Waals surface area (Å²) in [6, 6.07) is 7.25. The fourth-order valence-electron chi connectivity index (χ4n) is 4.93. The predicted octanol–water partition coefficient (Wildman–Crippen LogP) is 3.90. The highest BCUT2D eigenvalue weighted by atomic mass is 16.6. The van der Waals surface area contributed by atoms with Gasteiger partial charge in [0, 0.05) is 12.5 Å². The number of allylic oxidation sites excluding steroid dienone is 4. The Hall–Kier alpha value is -3.07. The number of carbonyl (C=O) groups is 3. The van der Waals surface area contributed by atoms with E-state index >= 15 is 0 Å². The average molecular weight is 568 g/mol. The molecule has 2 heterocycles. The number of ether oxygens (including phenoxy) is 1. The van der Waals surface area contributed by atoms with Gasteiger partial charge in [-0.25, -0.2) is 0 Å². The third-order valence-electron chi connectivity index (χ3n) is 7.38. The first-order valence-corrected chi connectivity index (χ1v) is 14.9. The van der Waals surface area contributed by atoms with Crippen molar-refractivity contribution in [2.75, 3.05) is 19.8 Å². The molecule has 4 unspecified atom stereocenters. The second-order valence-electron chi connectivity index (χ2n) is 10.5. The molecule has 2 saturated heterocycles. The van der Waals surface area contributed by atoms with Crippen LogP contribution in [0.5, 0.6) is 0 Å². The van der Waals surface area contributed by atoms with Crippen molar-refractivity contribution >= 4 is 17.6 Å². The summed E-state index contributed by atoms with van der Waals surface area (Å²) in [5.74, 6) is -0.879. The molecule has 41 heavy (non-hydrogen) atoms. The lowest BCUT2D eigenvalue weighted by Gasteiger charge is -2.38. The topological polar surface area (TPSA) is 111 Å². The molecule has 8 nitrogen and oxygen atoms in total. The SMILES string of the molecule is C=C(C)/C=C\C(=C/C)C[C@H](NC(=O)C(C)N1CCCCC1CO)C(=O)NC(Cc1ccccc1)C(=O)C1CO1.CC. The number of piperidine rings is 1. The van der Waals surface area contributed by atoms with Crippen molar-refractivity contribution in [3.05, 3.63) is 71.8 Å². The highest BCUT2D eigenvalue weighted by molar-refractivity contribution is 5.96. The van der Waals surface area contributed by atoms with E-state index in [-0.39, 0.29) is 30.8 Å². The van der Waals surface area contributed by atoms with Gasteiger partial charge in [0.05, 0.1) is 25.3 Å². The number of ketones is 1. The lowest BCUT2D eigenvalue weighted by Crippen LogP contribution is -2.58. The highest BCUT2D eigenvalue weighted by Crippen LogP contribution is 2.20. The number of hydrogen-bond acceptors (Lipinski definition) is 6. The van der Waals surface area contributed by atoms with Gasteiger partial charge in [-0.3, -0.25) is 19.3 Å². The van der Waals surface area contributed by atoms with Crippen LogP contribution in [0.2, 0.25) is 0 Å². The van der Waals surface area contributed by atoms with Gasteiger partial charge >= 0.3 is 0 Å². The fourth-order valence-corrected chi connectivity index (χ4v) is 4.93. The van der Waals surface area contributed by atoms with Crippen molar-refractivity contribution < 1.29 is 24.2 Å². The summed E-state index contributed by atoms with van der Waals surface area (Å²) in [5.41, 5.74) is 2.64. The molecule has 2 aliphatic heterocycles. The molecule has 0 aromatic heterocycles. The number of likely N-dealkylation sites (tertiary alicyclic amines) is 1. The quantitative estimate of drug-likeness (QED) is 0.232. The van der Waals surface area contributed by atoms with Gasteiger partial charge < -0.3 is 20.5 Å². The second kappa shape index (κ2) is 17.7.